The van der Waals surface area contributed by atoms with Gasteiger partial charge in [-0.05, 0) is 18.6 Å². The Hall–Kier alpha value is -2.90. The SMILES string of the molecule is Cc1nn(C)c(NCc2ccc(C(=O)O)nc2)c1C(N)=O. The Balaban J connectivity index is 2.16. The highest BCUT2D eigenvalue weighted by Gasteiger charge is 2.17. The van der Waals surface area contributed by atoms with E-state index < -0.39 is 11.9 Å². The number of aryl methyl sites for hydroxylation is 2. The second-order valence-electron chi connectivity index (χ2n) is 4.51. The largest absolute Gasteiger partial charge is 0.477 e. The number of pyridine rings is 1. The molecule has 21 heavy (non-hydrogen) atoms. The van der Waals surface area contributed by atoms with Crippen molar-refractivity contribution in [3.63, 3.8) is 0 Å². The smallest absolute Gasteiger partial charge is 0.354 e. The molecule has 0 radical (unpaired) electrons. The molecule has 8 heteroatoms. The van der Waals surface area contributed by atoms with Crippen LogP contribution in [0, 0.1) is 6.92 Å². The lowest BCUT2D eigenvalue weighted by molar-refractivity contribution is 0.0690. The summed E-state index contributed by atoms with van der Waals surface area (Å²) >= 11 is 0. The van der Waals surface area contributed by atoms with Crippen molar-refractivity contribution in [1.82, 2.24) is 14.8 Å². The van der Waals surface area contributed by atoms with Crippen LogP contribution >= 0.6 is 0 Å². The molecule has 0 aromatic carbocycles. The van der Waals surface area contributed by atoms with E-state index in [-0.39, 0.29) is 5.69 Å². The maximum absolute atomic E-state index is 11.4. The second kappa shape index (κ2) is 5.61. The van der Waals surface area contributed by atoms with Crippen molar-refractivity contribution in [3.05, 3.63) is 40.8 Å². The zero-order valence-corrected chi connectivity index (χ0v) is 11.6. The summed E-state index contributed by atoms with van der Waals surface area (Å²) in [7, 11) is 1.70. The summed E-state index contributed by atoms with van der Waals surface area (Å²) in [5, 5.41) is 16.0. The Labute approximate surface area is 120 Å². The van der Waals surface area contributed by atoms with Gasteiger partial charge in [0.15, 0.2) is 0 Å². The topological polar surface area (TPSA) is 123 Å². The number of amides is 1. The third-order valence-corrected chi connectivity index (χ3v) is 2.97. The quantitative estimate of drug-likeness (QED) is 0.738. The number of aromatic carboxylic acids is 1. The Morgan fingerprint density at radius 2 is 2.14 bits per heavy atom. The molecule has 2 aromatic heterocycles. The van der Waals surface area contributed by atoms with Crippen LogP contribution in [0.5, 0.6) is 0 Å². The normalized spacial score (nSPS) is 10.4. The number of rotatable bonds is 5. The highest BCUT2D eigenvalue weighted by atomic mass is 16.4. The molecule has 0 aliphatic heterocycles. The molecule has 8 nitrogen and oxygen atoms in total. The summed E-state index contributed by atoms with van der Waals surface area (Å²) < 4.78 is 1.54. The number of carbonyl (C=O) groups is 2. The molecule has 0 spiro atoms. The summed E-state index contributed by atoms with van der Waals surface area (Å²) in [5.74, 6) is -1.11. The van der Waals surface area contributed by atoms with E-state index >= 15 is 0 Å². The monoisotopic (exact) mass is 289 g/mol. The predicted molar refractivity (Wildman–Crippen MR) is 75.0 cm³/mol. The third kappa shape index (κ3) is 2.99. The van der Waals surface area contributed by atoms with Crippen LogP contribution in [0.2, 0.25) is 0 Å². The molecular weight excluding hydrogens is 274 g/mol. The van der Waals surface area contributed by atoms with Crippen LogP contribution < -0.4 is 11.1 Å². The summed E-state index contributed by atoms with van der Waals surface area (Å²) in [6.07, 6.45) is 1.46. The fourth-order valence-electron chi connectivity index (χ4n) is 2.00. The van der Waals surface area contributed by atoms with Crippen molar-refractivity contribution in [2.24, 2.45) is 12.8 Å². The van der Waals surface area contributed by atoms with Crippen molar-refractivity contribution in [1.29, 1.82) is 0 Å². The first-order chi connectivity index (χ1) is 9.90. The maximum Gasteiger partial charge on any atom is 0.354 e. The number of nitrogens with zero attached hydrogens (tertiary/aromatic N) is 3. The van der Waals surface area contributed by atoms with E-state index in [0.29, 0.717) is 23.6 Å². The minimum absolute atomic E-state index is 0.0204. The van der Waals surface area contributed by atoms with E-state index in [1.54, 1.807) is 20.0 Å². The van der Waals surface area contributed by atoms with Gasteiger partial charge in [0.2, 0.25) is 0 Å². The van der Waals surface area contributed by atoms with Crippen molar-refractivity contribution in [3.8, 4) is 0 Å². The minimum Gasteiger partial charge on any atom is -0.477 e. The van der Waals surface area contributed by atoms with Gasteiger partial charge in [-0.15, -0.1) is 0 Å². The van der Waals surface area contributed by atoms with E-state index in [4.69, 9.17) is 10.8 Å². The van der Waals surface area contributed by atoms with E-state index in [2.05, 4.69) is 15.4 Å². The molecule has 0 saturated heterocycles. The number of carbonyl (C=O) groups excluding carboxylic acids is 1. The van der Waals surface area contributed by atoms with Crippen molar-refractivity contribution >= 4 is 17.7 Å². The molecule has 110 valence electrons. The number of primary amides is 1. The van der Waals surface area contributed by atoms with E-state index in [9.17, 15) is 9.59 Å². The minimum atomic E-state index is -1.08. The Morgan fingerprint density at radius 1 is 1.43 bits per heavy atom. The van der Waals surface area contributed by atoms with Crippen LogP contribution in [-0.4, -0.2) is 31.7 Å². The molecule has 0 unspecified atom stereocenters. The number of nitrogens with one attached hydrogen (secondary N) is 1. The lowest BCUT2D eigenvalue weighted by Gasteiger charge is -2.08. The van der Waals surface area contributed by atoms with Gasteiger partial charge in [-0.25, -0.2) is 9.78 Å². The van der Waals surface area contributed by atoms with Crippen LogP contribution in [0.25, 0.3) is 0 Å². The lowest BCUT2D eigenvalue weighted by atomic mass is 10.2. The van der Waals surface area contributed by atoms with Gasteiger partial charge in [0, 0.05) is 19.8 Å². The Kier molecular flexibility index (Phi) is 3.88. The average molecular weight is 289 g/mol. The third-order valence-electron chi connectivity index (χ3n) is 2.97. The first-order valence-corrected chi connectivity index (χ1v) is 6.15. The highest BCUT2D eigenvalue weighted by molar-refractivity contribution is 5.98. The molecule has 0 saturated carbocycles. The number of carboxylic acids is 1. The van der Waals surface area contributed by atoms with E-state index in [1.165, 1.54) is 16.9 Å². The molecule has 0 atom stereocenters. The zero-order valence-electron chi connectivity index (χ0n) is 11.6. The first kappa shape index (κ1) is 14.5. The molecule has 1 amide bonds. The average Bonchev–Trinajstić information content (AvgIpc) is 2.71. The first-order valence-electron chi connectivity index (χ1n) is 6.15. The molecule has 2 rings (SSSR count). The van der Waals surface area contributed by atoms with Crippen LogP contribution in [0.4, 0.5) is 5.82 Å². The second-order valence-corrected chi connectivity index (χ2v) is 4.51. The standard InChI is InChI=1S/C13H15N5O3/c1-7-10(11(14)19)12(18(2)17-7)16-6-8-3-4-9(13(20)21)15-5-8/h3-5,16H,6H2,1-2H3,(H2,14,19)(H,20,21). The molecular formula is C13H15N5O3. The summed E-state index contributed by atoms with van der Waals surface area (Å²) in [6, 6.07) is 3.07. The van der Waals surface area contributed by atoms with Gasteiger partial charge in [0.25, 0.3) is 5.91 Å². The number of aromatic nitrogens is 3. The van der Waals surface area contributed by atoms with E-state index in [0.717, 1.165) is 5.56 Å². The van der Waals surface area contributed by atoms with Crippen LogP contribution in [0.3, 0.4) is 0 Å². The summed E-state index contributed by atoms with van der Waals surface area (Å²) in [4.78, 5) is 26.0. The van der Waals surface area contributed by atoms with Gasteiger partial charge in [-0.3, -0.25) is 9.48 Å². The fraction of sp³-hybridized carbons (Fsp3) is 0.231. The van der Waals surface area contributed by atoms with Crippen molar-refractivity contribution in [2.75, 3.05) is 5.32 Å². The maximum atomic E-state index is 11.4. The summed E-state index contributed by atoms with van der Waals surface area (Å²) in [5.41, 5.74) is 6.98. The van der Waals surface area contributed by atoms with Crippen LogP contribution in [0.1, 0.15) is 32.1 Å². The van der Waals surface area contributed by atoms with E-state index in [1.807, 2.05) is 0 Å². The van der Waals surface area contributed by atoms with Crippen LogP contribution in [-0.2, 0) is 13.6 Å². The zero-order chi connectivity index (χ0) is 15.6. The molecule has 0 aliphatic rings. The highest BCUT2D eigenvalue weighted by Crippen LogP contribution is 2.18. The number of carboxylic acid groups (broad SMARTS) is 1. The number of hydrogen-bond acceptors (Lipinski definition) is 5. The van der Waals surface area contributed by atoms with Crippen molar-refractivity contribution < 1.29 is 14.7 Å². The van der Waals surface area contributed by atoms with Crippen molar-refractivity contribution in [2.45, 2.75) is 13.5 Å². The molecule has 0 fully saturated rings. The fourth-order valence-corrected chi connectivity index (χ4v) is 2.00. The number of anilines is 1. The molecule has 0 bridgehead atoms. The molecule has 4 N–H and O–H groups in total. The van der Waals surface area contributed by atoms with Gasteiger partial charge in [-0.2, -0.15) is 5.10 Å². The molecule has 0 aliphatic carbocycles. The number of hydrogen-bond donors (Lipinski definition) is 3. The van der Waals surface area contributed by atoms with Gasteiger partial charge in [-0.1, -0.05) is 6.07 Å². The van der Waals surface area contributed by atoms with Gasteiger partial charge >= 0.3 is 5.97 Å². The lowest BCUT2D eigenvalue weighted by Crippen LogP contribution is -2.15. The van der Waals surface area contributed by atoms with Gasteiger partial charge in [0.1, 0.15) is 17.1 Å². The van der Waals surface area contributed by atoms with Gasteiger partial charge < -0.3 is 16.2 Å². The predicted octanol–water partition coefficient (Wildman–Crippen LogP) is 0.533. The van der Waals surface area contributed by atoms with Crippen LogP contribution in [0.15, 0.2) is 18.3 Å². The Bertz CT molecular complexity index is 691. The Morgan fingerprint density at radius 3 is 2.67 bits per heavy atom. The summed E-state index contributed by atoms with van der Waals surface area (Å²) in [6.45, 7) is 2.07. The number of nitrogens with two attached hydrogens (primary N) is 1. The molecule has 2 heterocycles. The molecule has 2 aromatic rings. The van der Waals surface area contributed by atoms with Gasteiger partial charge in [0.05, 0.1) is 5.69 Å².